The molecule has 0 unspecified atom stereocenters. The molecule has 3 nitrogen and oxygen atoms in total. The van der Waals surface area contributed by atoms with Gasteiger partial charge in [-0.1, -0.05) is 13.0 Å². The molecule has 0 aromatic rings. The number of aliphatic hydroxyl groups excluding tert-OH is 1. The molecule has 0 radical (unpaired) electrons. The van der Waals surface area contributed by atoms with Gasteiger partial charge in [0.15, 0.2) is 5.79 Å². The SMILES string of the molecule is C=C(I)[C@@H](O)[C@H]1COC2(CCCCC2)O1. The molecule has 1 spiro atoms. The van der Waals surface area contributed by atoms with Crippen molar-refractivity contribution in [3.8, 4) is 0 Å². The van der Waals surface area contributed by atoms with E-state index >= 15 is 0 Å². The maximum atomic E-state index is 9.83. The summed E-state index contributed by atoms with van der Waals surface area (Å²) in [6.45, 7) is 4.22. The number of aliphatic hydroxyl groups is 1. The molecule has 0 aromatic carbocycles. The largest absolute Gasteiger partial charge is 0.385 e. The van der Waals surface area contributed by atoms with E-state index in [0.717, 1.165) is 25.7 Å². The van der Waals surface area contributed by atoms with Gasteiger partial charge in [-0.3, -0.25) is 0 Å². The van der Waals surface area contributed by atoms with Gasteiger partial charge in [-0.05, 0) is 35.4 Å². The molecule has 1 saturated heterocycles. The van der Waals surface area contributed by atoms with E-state index in [9.17, 15) is 5.11 Å². The Morgan fingerprint density at radius 3 is 2.67 bits per heavy atom. The Labute approximate surface area is 104 Å². The van der Waals surface area contributed by atoms with Gasteiger partial charge < -0.3 is 14.6 Å². The summed E-state index contributed by atoms with van der Waals surface area (Å²) in [5, 5.41) is 9.83. The van der Waals surface area contributed by atoms with Crippen molar-refractivity contribution in [3.05, 3.63) is 10.2 Å². The topological polar surface area (TPSA) is 38.7 Å². The molecule has 1 aliphatic heterocycles. The highest BCUT2D eigenvalue weighted by atomic mass is 127. The molecule has 2 atom stereocenters. The van der Waals surface area contributed by atoms with Crippen LogP contribution in [0, 0.1) is 0 Å². The summed E-state index contributed by atoms with van der Waals surface area (Å²) in [5.74, 6) is -0.393. The quantitative estimate of drug-likeness (QED) is 0.793. The fraction of sp³-hybridized carbons (Fsp3) is 0.818. The monoisotopic (exact) mass is 324 g/mol. The molecule has 4 heteroatoms. The molecule has 2 fully saturated rings. The first-order valence-electron chi connectivity index (χ1n) is 5.47. The Morgan fingerprint density at radius 2 is 2.07 bits per heavy atom. The summed E-state index contributed by atoms with van der Waals surface area (Å²) in [6.07, 6.45) is 4.68. The molecule has 86 valence electrons. The number of halogens is 1. The Hall–Kier alpha value is 0.350. The zero-order chi connectivity index (χ0) is 10.9. The van der Waals surface area contributed by atoms with Crippen LogP contribution in [-0.4, -0.2) is 29.7 Å². The fourth-order valence-corrected chi connectivity index (χ4v) is 2.69. The van der Waals surface area contributed by atoms with Crippen molar-refractivity contribution >= 4 is 22.6 Å². The number of hydrogen-bond donors (Lipinski definition) is 1. The number of ether oxygens (including phenoxy) is 2. The van der Waals surface area contributed by atoms with E-state index in [1.54, 1.807) is 0 Å². The molecule has 15 heavy (non-hydrogen) atoms. The predicted molar refractivity (Wildman–Crippen MR) is 65.8 cm³/mol. The van der Waals surface area contributed by atoms with Gasteiger partial charge in [0.1, 0.15) is 12.2 Å². The van der Waals surface area contributed by atoms with Crippen molar-refractivity contribution < 1.29 is 14.6 Å². The van der Waals surface area contributed by atoms with Crippen LogP contribution in [0.2, 0.25) is 0 Å². The third-order valence-corrected chi connectivity index (χ3v) is 3.80. The van der Waals surface area contributed by atoms with Crippen molar-refractivity contribution in [1.29, 1.82) is 0 Å². The Morgan fingerprint density at radius 1 is 1.40 bits per heavy atom. The van der Waals surface area contributed by atoms with E-state index in [1.807, 2.05) is 22.6 Å². The van der Waals surface area contributed by atoms with Gasteiger partial charge in [-0.15, -0.1) is 0 Å². The maximum absolute atomic E-state index is 9.83. The maximum Gasteiger partial charge on any atom is 0.169 e. The average molecular weight is 324 g/mol. The Bertz CT molecular complexity index is 248. The highest BCUT2D eigenvalue weighted by Crippen LogP contribution is 2.39. The van der Waals surface area contributed by atoms with E-state index in [-0.39, 0.29) is 6.10 Å². The second kappa shape index (κ2) is 4.69. The average Bonchev–Trinajstić information content (AvgIpc) is 2.62. The lowest BCUT2D eigenvalue weighted by Crippen LogP contribution is -2.36. The van der Waals surface area contributed by atoms with Crippen molar-refractivity contribution in [2.24, 2.45) is 0 Å². The summed E-state index contributed by atoms with van der Waals surface area (Å²) in [7, 11) is 0. The van der Waals surface area contributed by atoms with Crippen LogP contribution in [0.1, 0.15) is 32.1 Å². The minimum atomic E-state index is -0.605. The normalized spacial score (nSPS) is 31.7. The Balaban J connectivity index is 1.96. The van der Waals surface area contributed by atoms with E-state index in [0.29, 0.717) is 10.2 Å². The van der Waals surface area contributed by atoms with Crippen LogP contribution in [0.5, 0.6) is 0 Å². The second-order valence-corrected chi connectivity index (χ2v) is 5.72. The first kappa shape index (κ1) is 11.8. The van der Waals surface area contributed by atoms with E-state index in [2.05, 4.69) is 6.58 Å². The molecule has 1 aliphatic carbocycles. The van der Waals surface area contributed by atoms with E-state index in [1.165, 1.54) is 6.42 Å². The molecule has 2 aliphatic rings. The third kappa shape index (κ3) is 2.54. The van der Waals surface area contributed by atoms with Crippen molar-refractivity contribution in [1.82, 2.24) is 0 Å². The standard InChI is InChI=1S/C11H17IO3/c1-8(12)10(13)9-7-14-11(15-9)5-3-2-4-6-11/h9-10,13H,1-7H2/t9-,10-/m1/s1. The number of rotatable bonds is 2. The van der Waals surface area contributed by atoms with Crippen LogP contribution in [0.4, 0.5) is 0 Å². The summed E-state index contributed by atoms with van der Waals surface area (Å²) >= 11 is 2.04. The minimum Gasteiger partial charge on any atom is -0.385 e. The van der Waals surface area contributed by atoms with Gasteiger partial charge in [0.05, 0.1) is 6.61 Å². The third-order valence-electron chi connectivity index (χ3n) is 3.17. The molecular formula is C11H17IO3. The van der Waals surface area contributed by atoms with Gasteiger partial charge in [-0.2, -0.15) is 0 Å². The highest BCUT2D eigenvalue weighted by Gasteiger charge is 2.44. The predicted octanol–water partition coefficient (Wildman–Crippen LogP) is 2.37. The van der Waals surface area contributed by atoms with E-state index < -0.39 is 11.9 Å². The lowest BCUT2D eigenvalue weighted by molar-refractivity contribution is -0.193. The second-order valence-electron chi connectivity index (χ2n) is 4.33. The number of hydrogen-bond acceptors (Lipinski definition) is 3. The van der Waals surface area contributed by atoms with Gasteiger partial charge in [0.25, 0.3) is 0 Å². The van der Waals surface area contributed by atoms with Gasteiger partial charge >= 0.3 is 0 Å². The van der Waals surface area contributed by atoms with Crippen LogP contribution in [0.3, 0.4) is 0 Å². The molecule has 0 bridgehead atoms. The summed E-state index contributed by atoms with van der Waals surface area (Å²) in [6, 6.07) is 0. The van der Waals surface area contributed by atoms with Crippen LogP contribution in [0.25, 0.3) is 0 Å². The first-order valence-corrected chi connectivity index (χ1v) is 6.55. The van der Waals surface area contributed by atoms with Crippen LogP contribution in [0.15, 0.2) is 10.2 Å². The summed E-state index contributed by atoms with van der Waals surface area (Å²) < 4.78 is 12.3. The van der Waals surface area contributed by atoms with Crippen molar-refractivity contribution in [2.75, 3.05) is 6.61 Å². The lowest BCUT2D eigenvalue weighted by atomic mass is 9.94. The van der Waals surface area contributed by atoms with Crippen LogP contribution in [-0.2, 0) is 9.47 Å². The van der Waals surface area contributed by atoms with Crippen LogP contribution >= 0.6 is 22.6 Å². The van der Waals surface area contributed by atoms with Crippen LogP contribution < -0.4 is 0 Å². The van der Waals surface area contributed by atoms with Gasteiger partial charge in [-0.25, -0.2) is 0 Å². The minimum absolute atomic E-state index is 0.229. The molecule has 0 aromatic heterocycles. The summed E-state index contributed by atoms with van der Waals surface area (Å²) in [4.78, 5) is 0. The Kier molecular flexibility index (Phi) is 3.70. The van der Waals surface area contributed by atoms with Crippen molar-refractivity contribution in [3.63, 3.8) is 0 Å². The zero-order valence-electron chi connectivity index (χ0n) is 8.75. The lowest BCUT2D eigenvalue weighted by Gasteiger charge is -2.32. The molecule has 1 N–H and O–H groups in total. The molecular weight excluding hydrogens is 307 g/mol. The van der Waals surface area contributed by atoms with Gasteiger partial charge in [0.2, 0.25) is 0 Å². The molecule has 0 amide bonds. The first-order chi connectivity index (χ1) is 7.13. The molecule has 1 saturated carbocycles. The highest BCUT2D eigenvalue weighted by molar-refractivity contribution is 14.1. The summed E-state index contributed by atoms with van der Waals surface area (Å²) in [5.41, 5.74) is 0. The molecule has 1 heterocycles. The van der Waals surface area contributed by atoms with Gasteiger partial charge in [0, 0.05) is 16.4 Å². The zero-order valence-corrected chi connectivity index (χ0v) is 10.9. The van der Waals surface area contributed by atoms with E-state index in [4.69, 9.17) is 9.47 Å². The smallest absolute Gasteiger partial charge is 0.169 e. The molecule has 2 rings (SSSR count). The van der Waals surface area contributed by atoms with Crippen molar-refractivity contribution in [2.45, 2.75) is 50.1 Å². The fourth-order valence-electron chi connectivity index (χ4n) is 2.29.